The standard InChI is InChI=1S/C26H26BrClN4O2S/c1-16-22(24(33)34-20-8-3-2-4-9-20)23(17-11-13-19(27)14-12-17)32-25(29-16)30-26(31-32)35-15-18-7-5-6-10-21(18)28/h5-7,10-14,20,23H,2-4,8-9,15H2,1H3,(H,29,30,31). The fraction of sp³-hybridized carbons (Fsp3) is 0.346. The topological polar surface area (TPSA) is 69.0 Å². The van der Waals surface area contributed by atoms with E-state index in [2.05, 4.69) is 21.2 Å². The number of anilines is 1. The summed E-state index contributed by atoms with van der Waals surface area (Å²) >= 11 is 11.3. The van der Waals surface area contributed by atoms with Gasteiger partial charge in [-0.3, -0.25) is 0 Å². The van der Waals surface area contributed by atoms with E-state index in [-0.39, 0.29) is 12.1 Å². The lowest BCUT2D eigenvalue weighted by Gasteiger charge is -2.30. The first-order valence-corrected chi connectivity index (χ1v) is 13.9. The number of aromatic nitrogens is 3. The van der Waals surface area contributed by atoms with E-state index in [1.807, 2.05) is 55.5 Å². The Balaban J connectivity index is 1.45. The zero-order chi connectivity index (χ0) is 24.4. The maximum Gasteiger partial charge on any atom is 0.338 e. The molecular weight excluding hydrogens is 548 g/mol. The summed E-state index contributed by atoms with van der Waals surface area (Å²) in [6.07, 6.45) is 5.22. The van der Waals surface area contributed by atoms with E-state index in [9.17, 15) is 4.79 Å². The van der Waals surface area contributed by atoms with E-state index in [1.54, 1.807) is 4.68 Å². The number of allylic oxidation sites excluding steroid dienone is 1. The van der Waals surface area contributed by atoms with Crippen LogP contribution in [-0.2, 0) is 15.3 Å². The quantitative estimate of drug-likeness (QED) is 0.249. The SMILES string of the molecule is CC1=C(C(=O)OC2CCCCC2)C(c2ccc(Br)cc2)n2nc(SCc3ccccc3Cl)nc2N1. The second kappa shape index (κ2) is 10.8. The molecule has 6 nitrogen and oxygen atoms in total. The number of rotatable bonds is 6. The number of benzene rings is 2. The number of hydrogen-bond donors (Lipinski definition) is 1. The van der Waals surface area contributed by atoms with Gasteiger partial charge in [-0.2, -0.15) is 4.98 Å². The number of hydrogen-bond acceptors (Lipinski definition) is 6. The van der Waals surface area contributed by atoms with Gasteiger partial charge in [-0.1, -0.05) is 76.0 Å². The van der Waals surface area contributed by atoms with Crippen LogP contribution in [-0.4, -0.2) is 26.8 Å². The molecule has 0 spiro atoms. The van der Waals surface area contributed by atoms with Crippen LogP contribution in [0.3, 0.4) is 0 Å². The maximum atomic E-state index is 13.5. The third kappa shape index (κ3) is 5.44. The van der Waals surface area contributed by atoms with Crippen molar-refractivity contribution in [1.82, 2.24) is 14.8 Å². The van der Waals surface area contributed by atoms with Crippen LogP contribution in [0, 0.1) is 0 Å². The zero-order valence-electron chi connectivity index (χ0n) is 19.3. The maximum absolute atomic E-state index is 13.5. The Labute approximate surface area is 222 Å². The molecule has 0 saturated heterocycles. The van der Waals surface area contributed by atoms with Crippen molar-refractivity contribution in [2.24, 2.45) is 0 Å². The number of carbonyl (C=O) groups excluding carboxylic acids is 1. The summed E-state index contributed by atoms with van der Waals surface area (Å²) in [5.74, 6) is 0.960. The number of halogens is 2. The van der Waals surface area contributed by atoms with Crippen molar-refractivity contribution in [3.8, 4) is 0 Å². The molecule has 1 atom stereocenters. The van der Waals surface area contributed by atoms with Gasteiger partial charge in [0, 0.05) is 20.9 Å². The van der Waals surface area contributed by atoms with Crippen molar-refractivity contribution in [3.63, 3.8) is 0 Å². The minimum absolute atomic E-state index is 0.0269. The molecule has 0 radical (unpaired) electrons. The smallest absolute Gasteiger partial charge is 0.338 e. The minimum atomic E-state index is -0.433. The van der Waals surface area contributed by atoms with Gasteiger partial charge in [-0.25, -0.2) is 9.48 Å². The normalized spacial score (nSPS) is 18.2. The molecular formula is C26H26BrClN4O2S. The number of esters is 1. The lowest BCUT2D eigenvalue weighted by Crippen LogP contribution is -2.32. The van der Waals surface area contributed by atoms with Crippen molar-refractivity contribution in [3.05, 3.63) is 80.4 Å². The highest BCUT2D eigenvalue weighted by Crippen LogP contribution is 2.38. The van der Waals surface area contributed by atoms with Crippen molar-refractivity contribution >= 4 is 51.2 Å². The summed E-state index contributed by atoms with van der Waals surface area (Å²) in [6.45, 7) is 1.90. The van der Waals surface area contributed by atoms with Crippen LogP contribution < -0.4 is 5.32 Å². The van der Waals surface area contributed by atoms with Crippen molar-refractivity contribution in [1.29, 1.82) is 0 Å². The average molecular weight is 574 g/mol. The number of fused-ring (bicyclic) bond motifs is 1. The molecule has 3 aromatic rings. The first-order valence-electron chi connectivity index (χ1n) is 11.8. The Hall–Kier alpha value is -2.29. The van der Waals surface area contributed by atoms with Gasteiger partial charge in [-0.05, 0) is 61.9 Å². The predicted octanol–water partition coefficient (Wildman–Crippen LogP) is 7.15. The number of nitrogens with one attached hydrogen (secondary N) is 1. The highest BCUT2D eigenvalue weighted by atomic mass is 79.9. The molecule has 1 saturated carbocycles. The Morgan fingerprint density at radius 3 is 2.66 bits per heavy atom. The molecule has 35 heavy (non-hydrogen) atoms. The zero-order valence-corrected chi connectivity index (χ0v) is 22.5. The first kappa shape index (κ1) is 24.4. The minimum Gasteiger partial charge on any atom is -0.459 e. The molecule has 1 aromatic heterocycles. The molecule has 182 valence electrons. The Morgan fingerprint density at radius 2 is 1.91 bits per heavy atom. The number of thioether (sulfide) groups is 1. The van der Waals surface area contributed by atoms with E-state index in [0.29, 0.717) is 22.4 Å². The third-order valence-electron chi connectivity index (χ3n) is 6.38. The Morgan fingerprint density at radius 1 is 1.17 bits per heavy atom. The summed E-state index contributed by atoms with van der Waals surface area (Å²) in [5, 5.41) is 9.42. The van der Waals surface area contributed by atoms with Crippen LogP contribution in [0.1, 0.15) is 56.2 Å². The summed E-state index contributed by atoms with van der Waals surface area (Å²) in [6, 6.07) is 15.3. The number of ether oxygens (including phenoxy) is 1. The number of nitrogens with zero attached hydrogens (tertiary/aromatic N) is 3. The summed E-state index contributed by atoms with van der Waals surface area (Å²) in [4.78, 5) is 18.2. The lowest BCUT2D eigenvalue weighted by molar-refractivity contribution is -0.146. The van der Waals surface area contributed by atoms with Crippen LogP contribution in [0.15, 0.2) is 69.4 Å². The molecule has 5 rings (SSSR count). The molecule has 9 heteroatoms. The fourth-order valence-corrected chi connectivity index (χ4v) is 5.94. The van der Waals surface area contributed by atoms with Crippen LogP contribution >= 0.6 is 39.3 Å². The fourth-order valence-electron chi connectivity index (χ4n) is 4.57. The first-order chi connectivity index (χ1) is 17.0. The van der Waals surface area contributed by atoms with E-state index in [4.69, 9.17) is 26.4 Å². The van der Waals surface area contributed by atoms with Gasteiger partial charge in [-0.15, -0.1) is 5.10 Å². The van der Waals surface area contributed by atoms with Crippen molar-refractivity contribution < 1.29 is 9.53 Å². The molecule has 2 heterocycles. The highest BCUT2D eigenvalue weighted by molar-refractivity contribution is 9.10. The van der Waals surface area contributed by atoms with Crippen LogP contribution in [0.2, 0.25) is 5.02 Å². The van der Waals surface area contributed by atoms with Crippen molar-refractivity contribution in [2.45, 2.75) is 62.1 Å². The second-order valence-corrected chi connectivity index (χ2v) is 11.1. The van der Waals surface area contributed by atoms with Gasteiger partial charge in [0.25, 0.3) is 0 Å². The summed E-state index contributed by atoms with van der Waals surface area (Å²) in [7, 11) is 0. The molecule has 1 unspecified atom stereocenters. The van der Waals surface area contributed by atoms with E-state index >= 15 is 0 Å². The molecule has 1 aliphatic carbocycles. The third-order valence-corrected chi connectivity index (χ3v) is 8.16. The van der Waals surface area contributed by atoms with Gasteiger partial charge < -0.3 is 10.1 Å². The van der Waals surface area contributed by atoms with Gasteiger partial charge in [0.2, 0.25) is 11.1 Å². The molecule has 2 aromatic carbocycles. The lowest BCUT2D eigenvalue weighted by atomic mass is 9.95. The predicted molar refractivity (Wildman–Crippen MR) is 143 cm³/mol. The monoisotopic (exact) mass is 572 g/mol. The highest BCUT2D eigenvalue weighted by Gasteiger charge is 2.36. The molecule has 0 amide bonds. The van der Waals surface area contributed by atoms with Gasteiger partial charge in [0.1, 0.15) is 12.1 Å². The van der Waals surface area contributed by atoms with E-state index in [0.717, 1.165) is 52.0 Å². The van der Waals surface area contributed by atoms with E-state index < -0.39 is 6.04 Å². The van der Waals surface area contributed by atoms with Crippen LogP contribution in [0.5, 0.6) is 0 Å². The summed E-state index contributed by atoms with van der Waals surface area (Å²) < 4.78 is 8.75. The second-order valence-electron chi connectivity index (χ2n) is 8.83. The Kier molecular flexibility index (Phi) is 7.51. The van der Waals surface area contributed by atoms with E-state index in [1.165, 1.54) is 18.2 Å². The van der Waals surface area contributed by atoms with Crippen molar-refractivity contribution in [2.75, 3.05) is 5.32 Å². The Bertz CT molecular complexity index is 1250. The van der Waals surface area contributed by atoms with Crippen LogP contribution in [0.4, 0.5) is 5.95 Å². The molecule has 0 bridgehead atoms. The summed E-state index contributed by atoms with van der Waals surface area (Å²) in [5.41, 5.74) is 3.27. The largest absolute Gasteiger partial charge is 0.459 e. The molecule has 1 aliphatic heterocycles. The van der Waals surface area contributed by atoms with Gasteiger partial charge >= 0.3 is 5.97 Å². The molecule has 1 N–H and O–H groups in total. The number of carbonyl (C=O) groups is 1. The molecule has 2 aliphatic rings. The van der Waals surface area contributed by atoms with Gasteiger partial charge in [0.05, 0.1) is 5.57 Å². The van der Waals surface area contributed by atoms with Gasteiger partial charge in [0.15, 0.2) is 0 Å². The average Bonchev–Trinajstić information content (AvgIpc) is 3.26. The van der Waals surface area contributed by atoms with Crippen LogP contribution in [0.25, 0.3) is 0 Å². The molecule has 1 fully saturated rings.